The van der Waals surface area contributed by atoms with Crippen molar-refractivity contribution in [3.63, 3.8) is 0 Å². The summed E-state index contributed by atoms with van der Waals surface area (Å²) in [5.41, 5.74) is 7.01. The zero-order valence-corrected chi connectivity index (χ0v) is 11.9. The number of para-hydroxylation sites is 1. The first-order valence-electron chi connectivity index (χ1n) is 5.16. The number of hydrogen-bond donors (Lipinski definition) is 1. The van der Waals surface area contributed by atoms with E-state index < -0.39 is 9.84 Å². The van der Waals surface area contributed by atoms with Crippen LogP contribution in [-0.4, -0.2) is 40.3 Å². The average molecular weight is 274 g/mol. The fourth-order valence-corrected chi connectivity index (χ4v) is 2.82. The normalized spacial score (nSPS) is 11.5. The standard InChI is InChI=1S/C11H18N2O2S2/c1-13(7-8-16-2)9-5-4-6-10(11(9)12)17(3,14)15/h4-6H,7-8,12H2,1-3H3. The minimum Gasteiger partial charge on any atom is -0.396 e. The third-order valence-electron chi connectivity index (χ3n) is 2.48. The molecule has 0 amide bonds. The first-order valence-corrected chi connectivity index (χ1v) is 8.45. The van der Waals surface area contributed by atoms with Crippen molar-refractivity contribution in [3.8, 4) is 0 Å². The predicted octanol–water partition coefficient (Wildman–Crippen LogP) is 1.47. The van der Waals surface area contributed by atoms with Crippen LogP contribution in [0.15, 0.2) is 23.1 Å². The number of hydrogen-bond acceptors (Lipinski definition) is 5. The highest BCUT2D eigenvalue weighted by atomic mass is 32.2. The smallest absolute Gasteiger partial charge is 0.177 e. The zero-order valence-electron chi connectivity index (χ0n) is 10.3. The Bertz CT molecular complexity index is 486. The van der Waals surface area contributed by atoms with Gasteiger partial charge in [0.2, 0.25) is 0 Å². The van der Waals surface area contributed by atoms with Crippen LogP contribution in [0.2, 0.25) is 0 Å². The van der Waals surface area contributed by atoms with Crippen LogP contribution in [0.3, 0.4) is 0 Å². The lowest BCUT2D eigenvalue weighted by Gasteiger charge is -2.21. The van der Waals surface area contributed by atoms with Crippen LogP contribution in [0.25, 0.3) is 0 Å². The Balaban J connectivity index is 3.11. The molecule has 6 heteroatoms. The summed E-state index contributed by atoms with van der Waals surface area (Å²) in [5.74, 6) is 0.971. The summed E-state index contributed by atoms with van der Waals surface area (Å²) in [5, 5.41) is 0. The van der Waals surface area contributed by atoms with Crippen molar-refractivity contribution >= 4 is 33.0 Å². The molecule has 2 N–H and O–H groups in total. The van der Waals surface area contributed by atoms with E-state index in [9.17, 15) is 8.42 Å². The predicted molar refractivity (Wildman–Crippen MR) is 75.6 cm³/mol. The van der Waals surface area contributed by atoms with Gasteiger partial charge in [-0.3, -0.25) is 0 Å². The topological polar surface area (TPSA) is 63.4 Å². The van der Waals surface area contributed by atoms with E-state index in [1.807, 2.05) is 24.3 Å². The van der Waals surface area contributed by atoms with Crippen LogP contribution in [0, 0.1) is 0 Å². The molecule has 17 heavy (non-hydrogen) atoms. The van der Waals surface area contributed by atoms with Gasteiger partial charge < -0.3 is 10.6 Å². The van der Waals surface area contributed by atoms with E-state index in [0.29, 0.717) is 5.69 Å². The molecule has 0 bridgehead atoms. The Kier molecular flexibility index (Phi) is 4.70. The van der Waals surface area contributed by atoms with Gasteiger partial charge in [-0.1, -0.05) is 6.07 Å². The maximum absolute atomic E-state index is 11.5. The highest BCUT2D eigenvalue weighted by molar-refractivity contribution is 7.98. The minimum atomic E-state index is -3.27. The third kappa shape index (κ3) is 3.54. The molecular weight excluding hydrogens is 256 g/mol. The number of nitrogen functional groups attached to an aromatic ring is 1. The summed E-state index contributed by atoms with van der Waals surface area (Å²) in [6, 6.07) is 5.10. The number of anilines is 2. The van der Waals surface area contributed by atoms with Gasteiger partial charge in [-0.25, -0.2) is 8.42 Å². The molecule has 0 aliphatic heterocycles. The second kappa shape index (κ2) is 5.64. The average Bonchev–Trinajstić information content (AvgIpc) is 2.24. The Labute approximate surface area is 107 Å². The minimum absolute atomic E-state index is 0.200. The van der Waals surface area contributed by atoms with Crippen LogP contribution in [0.1, 0.15) is 0 Å². The lowest BCUT2D eigenvalue weighted by Crippen LogP contribution is -2.22. The number of nitrogens with two attached hydrogens (primary N) is 1. The molecule has 0 unspecified atom stereocenters. The number of nitrogens with zero attached hydrogens (tertiary/aromatic N) is 1. The highest BCUT2D eigenvalue weighted by Gasteiger charge is 2.15. The molecule has 1 aromatic carbocycles. The van der Waals surface area contributed by atoms with Gasteiger partial charge in [0.25, 0.3) is 0 Å². The fourth-order valence-electron chi connectivity index (χ4n) is 1.54. The van der Waals surface area contributed by atoms with Crippen LogP contribution < -0.4 is 10.6 Å². The fraction of sp³-hybridized carbons (Fsp3) is 0.455. The van der Waals surface area contributed by atoms with Crippen LogP contribution in [0.5, 0.6) is 0 Å². The number of sulfone groups is 1. The second-order valence-corrected chi connectivity index (χ2v) is 6.85. The van der Waals surface area contributed by atoms with E-state index in [0.717, 1.165) is 18.0 Å². The maximum atomic E-state index is 11.5. The monoisotopic (exact) mass is 274 g/mol. The third-order valence-corrected chi connectivity index (χ3v) is 4.23. The first kappa shape index (κ1) is 14.2. The molecule has 0 radical (unpaired) electrons. The van der Waals surface area contributed by atoms with E-state index in [1.165, 1.54) is 12.3 Å². The number of thioether (sulfide) groups is 1. The van der Waals surface area contributed by atoms with Crippen molar-refractivity contribution in [2.75, 3.05) is 42.5 Å². The molecular formula is C11H18N2O2S2. The molecule has 0 fully saturated rings. The molecule has 0 saturated carbocycles. The van der Waals surface area contributed by atoms with Crippen molar-refractivity contribution in [3.05, 3.63) is 18.2 Å². The van der Waals surface area contributed by atoms with Crippen molar-refractivity contribution in [2.24, 2.45) is 0 Å². The van der Waals surface area contributed by atoms with E-state index in [2.05, 4.69) is 0 Å². The number of rotatable bonds is 5. The van der Waals surface area contributed by atoms with Crippen molar-refractivity contribution in [1.82, 2.24) is 0 Å². The molecule has 0 aliphatic carbocycles. The quantitative estimate of drug-likeness (QED) is 0.824. The summed E-state index contributed by atoms with van der Waals surface area (Å²) in [7, 11) is -1.36. The molecule has 0 aliphatic rings. The Morgan fingerprint density at radius 2 is 2.06 bits per heavy atom. The molecule has 0 saturated heterocycles. The molecule has 1 rings (SSSR count). The van der Waals surface area contributed by atoms with E-state index in [-0.39, 0.29) is 4.90 Å². The van der Waals surface area contributed by atoms with Gasteiger partial charge >= 0.3 is 0 Å². The van der Waals surface area contributed by atoms with Crippen molar-refractivity contribution < 1.29 is 8.42 Å². The lowest BCUT2D eigenvalue weighted by molar-refractivity contribution is 0.602. The largest absolute Gasteiger partial charge is 0.396 e. The van der Waals surface area contributed by atoms with Gasteiger partial charge in [-0.15, -0.1) is 0 Å². The number of benzene rings is 1. The Hall–Kier alpha value is -0.880. The summed E-state index contributed by atoms with van der Waals surface area (Å²) in [6.07, 6.45) is 3.20. The van der Waals surface area contributed by atoms with Gasteiger partial charge in [0.05, 0.1) is 16.3 Å². The zero-order chi connectivity index (χ0) is 13.1. The van der Waals surface area contributed by atoms with E-state index in [4.69, 9.17) is 5.73 Å². The highest BCUT2D eigenvalue weighted by Crippen LogP contribution is 2.28. The summed E-state index contributed by atoms with van der Waals surface area (Å²) in [6.45, 7) is 0.832. The summed E-state index contributed by atoms with van der Waals surface area (Å²) in [4.78, 5) is 2.17. The second-order valence-electron chi connectivity index (χ2n) is 3.88. The first-order chi connectivity index (χ1) is 7.88. The molecule has 0 heterocycles. The maximum Gasteiger partial charge on any atom is 0.177 e. The molecule has 96 valence electrons. The molecule has 0 aromatic heterocycles. The van der Waals surface area contributed by atoms with E-state index in [1.54, 1.807) is 17.8 Å². The van der Waals surface area contributed by atoms with Gasteiger partial charge in [0.1, 0.15) is 0 Å². The van der Waals surface area contributed by atoms with Gasteiger partial charge in [-0.05, 0) is 18.4 Å². The molecule has 4 nitrogen and oxygen atoms in total. The van der Waals surface area contributed by atoms with Gasteiger partial charge in [0.15, 0.2) is 9.84 Å². The van der Waals surface area contributed by atoms with Crippen LogP contribution in [-0.2, 0) is 9.84 Å². The van der Waals surface area contributed by atoms with Crippen molar-refractivity contribution in [2.45, 2.75) is 4.90 Å². The van der Waals surface area contributed by atoms with E-state index >= 15 is 0 Å². The van der Waals surface area contributed by atoms with Crippen LogP contribution >= 0.6 is 11.8 Å². The molecule has 0 spiro atoms. The van der Waals surface area contributed by atoms with Crippen LogP contribution in [0.4, 0.5) is 11.4 Å². The van der Waals surface area contributed by atoms with Gasteiger partial charge in [0, 0.05) is 25.6 Å². The Morgan fingerprint density at radius 3 is 2.59 bits per heavy atom. The lowest BCUT2D eigenvalue weighted by atomic mass is 10.2. The Morgan fingerprint density at radius 1 is 1.41 bits per heavy atom. The van der Waals surface area contributed by atoms with Gasteiger partial charge in [-0.2, -0.15) is 11.8 Å². The summed E-state index contributed by atoms with van der Waals surface area (Å²) < 4.78 is 23.1. The molecule has 0 atom stereocenters. The summed E-state index contributed by atoms with van der Waals surface area (Å²) >= 11 is 1.74. The SMILES string of the molecule is CSCCN(C)c1cccc(S(C)(=O)=O)c1N. The molecule has 1 aromatic rings. The van der Waals surface area contributed by atoms with Crippen molar-refractivity contribution in [1.29, 1.82) is 0 Å².